The molecule has 0 spiro atoms. The molecule has 96 valence electrons. The summed E-state index contributed by atoms with van der Waals surface area (Å²) in [6.07, 6.45) is 0.219. The molecule has 0 fully saturated rings. The van der Waals surface area contributed by atoms with E-state index in [-0.39, 0.29) is 18.0 Å². The van der Waals surface area contributed by atoms with E-state index in [2.05, 4.69) is 0 Å². The first-order valence-corrected chi connectivity index (χ1v) is 6.37. The van der Waals surface area contributed by atoms with Crippen molar-refractivity contribution in [1.82, 2.24) is 0 Å². The molecule has 3 heteroatoms. The summed E-state index contributed by atoms with van der Waals surface area (Å²) in [7, 11) is 0. The molecular formula is C16H13ClO2. The normalized spacial score (nSPS) is 10.2. The number of rotatable bonds is 5. The lowest BCUT2D eigenvalue weighted by Gasteiger charge is -2.02. The third-order valence-corrected chi connectivity index (χ3v) is 3.02. The highest BCUT2D eigenvalue weighted by molar-refractivity contribution is 6.30. The monoisotopic (exact) mass is 272 g/mol. The zero-order valence-corrected chi connectivity index (χ0v) is 11.1. The summed E-state index contributed by atoms with van der Waals surface area (Å²) in [4.78, 5) is 23.7. The van der Waals surface area contributed by atoms with Crippen molar-refractivity contribution in [3.05, 3.63) is 70.7 Å². The highest BCUT2D eigenvalue weighted by Gasteiger charge is 2.12. The summed E-state index contributed by atoms with van der Waals surface area (Å²) in [5.74, 6) is -0.247. The van der Waals surface area contributed by atoms with Gasteiger partial charge in [0.1, 0.15) is 5.78 Å². The average Bonchev–Trinajstić information content (AvgIpc) is 2.40. The number of hydrogen-bond acceptors (Lipinski definition) is 2. The van der Waals surface area contributed by atoms with E-state index < -0.39 is 0 Å². The van der Waals surface area contributed by atoms with Crippen LogP contribution in [0.15, 0.2) is 54.6 Å². The maximum absolute atomic E-state index is 11.9. The Morgan fingerprint density at radius 3 is 2.16 bits per heavy atom. The Kier molecular flexibility index (Phi) is 4.48. The van der Waals surface area contributed by atoms with E-state index in [1.165, 1.54) is 0 Å². The minimum absolute atomic E-state index is 0.0729. The van der Waals surface area contributed by atoms with E-state index in [4.69, 9.17) is 11.6 Å². The molecule has 0 aliphatic rings. The van der Waals surface area contributed by atoms with E-state index in [1.807, 2.05) is 30.3 Å². The molecule has 0 N–H and O–H groups in total. The van der Waals surface area contributed by atoms with Crippen LogP contribution in [0, 0.1) is 0 Å². The summed E-state index contributed by atoms with van der Waals surface area (Å²) in [5.41, 5.74) is 1.45. The second kappa shape index (κ2) is 6.30. The molecule has 0 aliphatic heterocycles. The Balaban J connectivity index is 1.95. The molecule has 2 rings (SSSR count). The fourth-order valence-electron chi connectivity index (χ4n) is 1.80. The smallest absolute Gasteiger partial charge is 0.170 e. The van der Waals surface area contributed by atoms with Gasteiger partial charge in [0.15, 0.2) is 5.78 Å². The van der Waals surface area contributed by atoms with Gasteiger partial charge in [0.2, 0.25) is 0 Å². The highest BCUT2D eigenvalue weighted by atomic mass is 35.5. The summed E-state index contributed by atoms with van der Waals surface area (Å²) in [6.45, 7) is 0. The molecule has 2 nitrogen and oxygen atoms in total. The lowest BCUT2D eigenvalue weighted by Crippen LogP contribution is -2.10. The van der Waals surface area contributed by atoms with E-state index in [0.717, 1.165) is 5.56 Å². The molecule has 0 unspecified atom stereocenters. The first kappa shape index (κ1) is 13.5. The number of Topliss-reactive ketones (excluding diaryl/α,β-unsaturated/α-hetero) is 2. The minimum atomic E-state index is -0.169. The Morgan fingerprint density at radius 1 is 0.895 bits per heavy atom. The summed E-state index contributed by atoms with van der Waals surface area (Å²) in [5, 5.41) is 0.576. The standard InChI is InChI=1S/C16H13ClO2/c17-14-8-6-13(7-9-14)16(19)11-15(18)10-12-4-2-1-3-5-12/h1-9H,10-11H2. The zero-order valence-electron chi connectivity index (χ0n) is 10.3. The third-order valence-electron chi connectivity index (χ3n) is 2.77. The number of hydrogen-bond donors (Lipinski definition) is 0. The van der Waals surface area contributed by atoms with Crippen molar-refractivity contribution < 1.29 is 9.59 Å². The van der Waals surface area contributed by atoms with Crippen LogP contribution in [0.1, 0.15) is 22.3 Å². The number of halogens is 1. The molecule has 2 aromatic rings. The first-order chi connectivity index (χ1) is 9.15. The topological polar surface area (TPSA) is 34.1 Å². The zero-order chi connectivity index (χ0) is 13.7. The van der Waals surface area contributed by atoms with Crippen molar-refractivity contribution >= 4 is 23.2 Å². The second-order valence-electron chi connectivity index (χ2n) is 4.31. The predicted octanol–water partition coefficient (Wildman–Crippen LogP) is 3.72. The fraction of sp³-hybridized carbons (Fsp3) is 0.125. The van der Waals surface area contributed by atoms with Crippen molar-refractivity contribution in [3.8, 4) is 0 Å². The number of ketones is 2. The Labute approximate surface area is 117 Å². The predicted molar refractivity (Wildman–Crippen MR) is 75.6 cm³/mol. The van der Waals surface area contributed by atoms with Crippen LogP contribution in [0.25, 0.3) is 0 Å². The van der Waals surface area contributed by atoms with Gasteiger partial charge in [0.05, 0.1) is 6.42 Å². The van der Waals surface area contributed by atoms with Crippen molar-refractivity contribution in [2.75, 3.05) is 0 Å². The van der Waals surface area contributed by atoms with Crippen molar-refractivity contribution in [2.24, 2.45) is 0 Å². The van der Waals surface area contributed by atoms with Crippen molar-refractivity contribution in [2.45, 2.75) is 12.8 Å². The molecule has 0 radical (unpaired) electrons. The van der Waals surface area contributed by atoms with Gasteiger partial charge in [-0.2, -0.15) is 0 Å². The van der Waals surface area contributed by atoms with Crippen LogP contribution < -0.4 is 0 Å². The Bertz CT molecular complexity index is 573. The quantitative estimate of drug-likeness (QED) is 0.614. The van der Waals surface area contributed by atoms with Gasteiger partial charge >= 0.3 is 0 Å². The Hall–Kier alpha value is -1.93. The average molecular weight is 273 g/mol. The summed E-state index contributed by atoms with van der Waals surface area (Å²) >= 11 is 5.75. The van der Waals surface area contributed by atoms with E-state index in [9.17, 15) is 9.59 Å². The van der Waals surface area contributed by atoms with Gasteiger partial charge < -0.3 is 0 Å². The largest absolute Gasteiger partial charge is 0.299 e. The fourth-order valence-corrected chi connectivity index (χ4v) is 1.93. The van der Waals surface area contributed by atoms with Gasteiger partial charge in [-0.3, -0.25) is 9.59 Å². The van der Waals surface area contributed by atoms with Crippen LogP contribution in [0.4, 0.5) is 0 Å². The molecular weight excluding hydrogens is 260 g/mol. The molecule has 0 saturated heterocycles. The van der Waals surface area contributed by atoms with E-state index in [0.29, 0.717) is 17.0 Å². The van der Waals surface area contributed by atoms with Crippen LogP contribution >= 0.6 is 11.6 Å². The van der Waals surface area contributed by atoms with E-state index >= 15 is 0 Å². The third kappa shape index (κ3) is 4.04. The molecule has 0 aliphatic carbocycles. The number of carbonyl (C=O) groups is 2. The van der Waals surface area contributed by atoms with Crippen LogP contribution in [-0.4, -0.2) is 11.6 Å². The molecule has 0 atom stereocenters. The molecule has 0 amide bonds. The van der Waals surface area contributed by atoms with Gasteiger partial charge in [-0.05, 0) is 29.8 Å². The van der Waals surface area contributed by atoms with Gasteiger partial charge in [-0.1, -0.05) is 41.9 Å². The highest BCUT2D eigenvalue weighted by Crippen LogP contribution is 2.12. The van der Waals surface area contributed by atoms with Crippen molar-refractivity contribution in [3.63, 3.8) is 0 Å². The maximum Gasteiger partial charge on any atom is 0.170 e. The number of benzene rings is 2. The number of carbonyl (C=O) groups excluding carboxylic acids is 2. The molecule has 0 aromatic heterocycles. The van der Waals surface area contributed by atoms with Gasteiger partial charge in [0, 0.05) is 17.0 Å². The van der Waals surface area contributed by atoms with Gasteiger partial charge in [0.25, 0.3) is 0 Å². The SMILES string of the molecule is O=C(CC(=O)c1ccc(Cl)cc1)Cc1ccccc1. The van der Waals surface area contributed by atoms with Crippen LogP contribution in [0.5, 0.6) is 0 Å². The van der Waals surface area contributed by atoms with E-state index in [1.54, 1.807) is 24.3 Å². The van der Waals surface area contributed by atoms with Gasteiger partial charge in [-0.15, -0.1) is 0 Å². The molecule has 0 saturated carbocycles. The first-order valence-electron chi connectivity index (χ1n) is 5.99. The molecule has 19 heavy (non-hydrogen) atoms. The molecule has 2 aromatic carbocycles. The van der Waals surface area contributed by atoms with Crippen LogP contribution in [0.2, 0.25) is 5.02 Å². The van der Waals surface area contributed by atoms with Crippen molar-refractivity contribution in [1.29, 1.82) is 0 Å². The van der Waals surface area contributed by atoms with Gasteiger partial charge in [-0.25, -0.2) is 0 Å². The minimum Gasteiger partial charge on any atom is -0.299 e. The second-order valence-corrected chi connectivity index (χ2v) is 4.74. The summed E-state index contributed by atoms with van der Waals surface area (Å²) in [6, 6.07) is 16.0. The summed E-state index contributed by atoms with van der Waals surface area (Å²) < 4.78 is 0. The molecule has 0 bridgehead atoms. The van der Waals surface area contributed by atoms with Crippen LogP contribution in [0.3, 0.4) is 0 Å². The molecule has 0 heterocycles. The maximum atomic E-state index is 11.9. The van der Waals surface area contributed by atoms with Crippen LogP contribution in [-0.2, 0) is 11.2 Å². The Morgan fingerprint density at radius 2 is 1.53 bits per heavy atom. The lowest BCUT2D eigenvalue weighted by molar-refractivity contribution is -0.117. The lowest BCUT2D eigenvalue weighted by atomic mass is 10.0.